The van der Waals surface area contributed by atoms with Gasteiger partial charge in [-0.3, -0.25) is 0 Å². The van der Waals surface area contributed by atoms with Crippen LogP contribution in [-0.2, 0) is 0 Å². The molecule has 2 aromatic carbocycles. The third kappa shape index (κ3) is 7.17. The predicted molar refractivity (Wildman–Crippen MR) is 67.2 cm³/mol. The van der Waals surface area contributed by atoms with Gasteiger partial charge in [-0.2, -0.15) is 0 Å². The van der Waals surface area contributed by atoms with Gasteiger partial charge in [0.05, 0.1) is 11.9 Å². The third-order valence-electron chi connectivity index (χ3n) is 2.16. The van der Waals surface area contributed by atoms with E-state index in [4.69, 9.17) is 0 Å². The molecule has 0 aromatic heterocycles. The Balaban J connectivity index is 0.000000364. The Kier molecular flexibility index (Phi) is 8.76. The number of hydrogen-bond donors (Lipinski definition) is 0. The molecule has 0 saturated heterocycles. The van der Waals surface area contributed by atoms with Gasteiger partial charge >= 0.3 is 37.7 Å². The van der Waals surface area contributed by atoms with Gasteiger partial charge in [-0.1, -0.05) is 24.3 Å². The van der Waals surface area contributed by atoms with E-state index in [9.17, 15) is 28.6 Å². The molecule has 0 saturated carbocycles. The summed E-state index contributed by atoms with van der Waals surface area (Å²) in [5, 5.41) is 20.2. The Hall–Kier alpha value is -1.50. The summed E-state index contributed by atoms with van der Waals surface area (Å²) in [6.07, 6.45) is 0. The monoisotopic (exact) mass is 318 g/mol. The second kappa shape index (κ2) is 9.44. The average Bonchev–Trinajstić information content (AvgIpc) is 2.40. The first-order chi connectivity index (χ1) is 9.40. The number of benzene rings is 2. The smallest absolute Gasteiger partial charge is 0.545 e. The van der Waals surface area contributed by atoms with E-state index in [1.807, 2.05) is 0 Å². The fourth-order valence-electron chi connectivity index (χ4n) is 1.17. The number of carbonyl (C=O) groups excluding carboxylic acids is 2. The van der Waals surface area contributed by atoms with Crippen molar-refractivity contribution in [3.8, 4) is 0 Å². The molecular weight excluding hydrogens is 310 g/mol. The molecule has 21 heavy (non-hydrogen) atoms. The van der Waals surface area contributed by atoms with Gasteiger partial charge < -0.3 is 19.8 Å². The minimum Gasteiger partial charge on any atom is -0.545 e. The van der Waals surface area contributed by atoms with Crippen molar-refractivity contribution in [1.82, 2.24) is 0 Å². The molecule has 104 valence electrons. The van der Waals surface area contributed by atoms with Crippen LogP contribution in [0.1, 0.15) is 20.7 Å². The first kappa shape index (κ1) is 19.5. The van der Waals surface area contributed by atoms with Gasteiger partial charge in [0.1, 0.15) is 11.6 Å². The van der Waals surface area contributed by atoms with E-state index in [1.54, 1.807) is 0 Å². The van der Waals surface area contributed by atoms with Crippen LogP contribution in [0.4, 0.5) is 8.78 Å². The van der Waals surface area contributed by atoms with Gasteiger partial charge in [0.15, 0.2) is 0 Å². The molecule has 0 aliphatic rings. The maximum Gasteiger partial charge on any atom is 2.00 e. The summed E-state index contributed by atoms with van der Waals surface area (Å²) in [5.41, 5.74) is -0.0252. The Bertz CT molecular complexity index is 542. The number of rotatable bonds is 2. The molecule has 0 radical (unpaired) electrons. The molecule has 0 atom stereocenters. The molecule has 0 fully saturated rings. The molecule has 0 aliphatic heterocycles. The number of aromatic carboxylic acids is 2. The van der Waals surface area contributed by atoms with Crippen molar-refractivity contribution in [3.05, 3.63) is 71.3 Å². The van der Waals surface area contributed by atoms with E-state index in [2.05, 4.69) is 0 Å². The predicted octanol–water partition coefficient (Wildman–Crippen LogP) is -0.00240. The van der Waals surface area contributed by atoms with Crippen molar-refractivity contribution in [2.45, 2.75) is 0 Å². The molecular formula is C14H8CaF2O4. The van der Waals surface area contributed by atoms with E-state index >= 15 is 0 Å². The number of halogens is 2. The second-order valence-electron chi connectivity index (χ2n) is 3.59. The number of carboxylic acid groups (broad SMARTS) is 2. The van der Waals surface area contributed by atoms with Crippen LogP contribution in [0, 0.1) is 11.6 Å². The van der Waals surface area contributed by atoms with Crippen LogP contribution in [0.3, 0.4) is 0 Å². The van der Waals surface area contributed by atoms with E-state index in [1.165, 1.54) is 0 Å². The van der Waals surface area contributed by atoms with Crippen molar-refractivity contribution < 1.29 is 28.6 Å². The minimum absolute atomic E-state index is 0. The van der Waals surface area contributed by atoms with Crippen molar-refractivity contribution >= 4 is 49.7 Å². The standard InChI is InChI=1S/2C7H5FO2.Ca/c2*8-6-3-1-5(2-4-6)7(9)10;/h2*1-4H,(H,9,10);/q;;+2/p-2. The molecule has 2 rings (SSSR count). The summed E-state index contributed by atoms with van der Waals surface area (Å²) in [5.74, 6) is -3.49. The maximum absolute atomic E-state index is 12.1. The zero-order valence-corrected chi connectivity index (χ0v) is 12.9. The SMILES string of the molecule is O=C([O-])c1ccc(F)cc1.O=C([O-])c1ccc(F)cc1.[Ca+2]. The van der Waals surface area contributed by atoms with E-state index in [0.29, 0.717) is 0 Å². The molecule has 0 spiro atoms. The molecule has 2 aromatic rings. The molecule has 0 unspecified atom stereocenters. The largest absolute Gasteiger partial charge is 2.00 e. The van der Waals surface area contributed by atoms with Crippen LogP contribution in [0.25, 0.3) is 0 Å². The second-order valence-corrected chi connectivity index (χ2v) is 3.59. The summed E-state index contributed by atoms with van der Waals surface area (Å²) in [7, 11) is 0. The zero-order valence-electron chi connectivity index (χ0n) is 10.7. The van der Waals surface area contributed by atoms with Crippen LogP contribution in [0.15, 0.2) is 48.5 Å². The normalized spacial score (nSPS) is 8.86. The summed E-state index contributed by atoms with van der Waals surface area (Å²) in [6, 6.07) is 8.93. The Morgan fingerprint density at radius 2 is 0.905 bits per heavy atom. The molecule has 0 N–H and O–H groups in total. The van der Waals surface area contributed by atoms with Crippen LogP contribution in [-0.4, -0.2) is 49.7 Å². The first-order valence-corrected chi connectivity index (χ1v) is 5.34. The van der Waals surface area contributed by atoms with Gasteiger partial charge in [-0.15, -0.1) is 0 Å². The van der Waals surface area contributed by atoms with Crippen molar-refractivity contribution in [3.63, 3.8) is 0 Å². The van der Waals surface area contributed by atoms with Gasteiger partial charge in [-0.05, 0) is 35.4 Å². The summed E-state index contributed by atoms with van der Waals surface area (Å²) in [6.45, 7) is 0. The van der Waals surface area contributed by atoms with E-state index in [-0.39, 0.29) is 48.9 Å². The quantitative estimate of drug-likeness (QED) is 0.730. The summed E-state index contributed by atoms with van der Waals surface area (Å²) in [4.78, 5) is 20.2. The minimum atomic E-state index is -1.29. The van der Waals surface area contributed by atoms with Crippen molar-refractivity contribution in [2.24, 2.45) is 0 Å². The number of hydrogen-bond acceptors (Lipinski definition) is 4. The van der Waals surface area contributed by atoms with Gasteiger partial charge in [-0.25, -0.2) is 8.78 Å². The Morgan fingerprint density at radius 1 is 0.667 bits per heavy atom. The fraction of sp³-hybridized carbons (Fsp3) is 0. The molecule has 0 aliphatic carbocycles. The van der Waals surface area contributed by atoms with Crippen LogP contribution in [0.2, 0.25) is 0 Å². The molecule has 7 heteroatoms. The van der Waals surface area contributed by atoms with Gasteiger partial charge in [0.2, 0.25) is 0 Å². The maximum atomic E-state index is 12.1. The zero-order chi connectivity index (χ0) is 15.1. The van der Waals surface area contributed by atoms with Crippen LogP contribution < -0.4 is 10.2 Å². The molecule has 0 amide bonds. The number of carboxylic acids is 2. The van der Waals surface area contributed by atoms with E-state index in [0.717, 1.165) is 48.5 Å². The third-order valence-corrected chi connectivity index (χ3v) is 2.16. The van der Waals surface area contributed by atoms with Crippen LogP contribution in [0.5, 0.6) is 0 Å². The Morgan fingerprint density at radius 3 is 1.10 bits per heavy atom. The van der Waals surface area contributed by atoms with Crippen LogP contribution >= 0.6 is 0 Å². The molecule has 0 heterocycles. The first-order valence-electron chi connectivity index (χ1n) is 5.34. The topological polar surface area (TPSA) is 80.3 Å². The van der Waals surface area contributed by atoms with Gasteiger partial charge in [0, 0.05) is 0 Å². The molecule has 4 nitrogen and oxygen atoms in total. The van der Waals surface area contributed by atoms with Crippen molar-refractivity contribution in [2.75, 3.05) is 0 Å². The fourth-order valence-corrected chi connectivity index (χ4v) is 1.17. The molecule has 0 bridgehead atoms. The summed E-state index contributed by atoms with van der Waals surface area (Å²) >= 11 is 0. The average molecular weight is 318 g/mol. The van der Waals surface area contributed by atoms with Crippen molar-refractivity contribution in [1.29, 1.82) is 0 Å². The number of carbonyl (C=O) groups is 2. The Labute approximate surface area is 149 Å². The van der Waals surface area contributed by atoms with Gasteiger partial charge in [0.25, 0.3) is 0 Å². The van der Waals surface area contributed by atoms with E-state index < -0.39 is 23.6 Å². The summed E-state index contributed by atoms with van der Waals surface area (Å²) < 4.78 is 24.3.